The summed E-state index contributed by atoms with van der Waals surface area (Å²) in [5.74, 6) is 2.12. The number of fused-ring (bicyclic) bond motifs is 1. The number of anilines is 2. The molecule has 1 unspecified atom stereocenters. The molecule has 0 radical (unpaired) electrons. The zero-order valence-electron chi connectivity index (χ0n) is 17.3. The Morgan fingerprint density at radius 2 is 1.84 bits per heavy atom. The number of piperazine rings is 1. The zero-order valence-corrected chi connectivity index (χ0v) is 17.3. The van der Waals surface area contributed by atoms with Crippen LogP contribution in [0.15, 0.2) is 59.2 Å². The Bertz CT molecular complexity index is 1160. The maximum Gasteiger partial charge on any atom is 0.225 e. The standard InChI is InChI=1S/C22H25N7O2/c1-22(30,16-6-3-2-4-7-16)15-27-9-11-28(12-10-27)18-14-19-24-20(17-8-5-13-31-17)26-29(19)21(23)25-18/h2-8,13-14,30H,9-12,15H2,1H3,(H2,23,25). The van der Waals surface area contributed by atoms with Crippen molar-refractivity contribution in [3.05, 3.63) is 60.4 Å². The minimum atomic E-state index is -0.894. The van der Waals surface area contributed by atoms with Crippen LogP contribution in [0.5, 0.6) is 0 Å². The van der Waals surface area contributed by atoms with Gasteiger partial charge in [0.1, 0.15) is 5.82 Å². The molecular weight excluding hydrogens is 394 g/mol. The molecule has 1 atom stereocenters. The van der Waals surface area contributed by atoms with Crippen molar-refractivity contribution in [3.63, 3.8) is 0 Å². The summed E-state index contributed by atoms with van der Waals surface area (Å²) in [6.45, 7) is 5.66. The summed E-state index contributed by atoms with van der Waals surface area (Å²) in [6, 6.07) is 15.3. The Labute approximate surface area is 179 Å². The van der Waals surface area contributed by atoms with Crippen molar-refractivity contribution < 1.29 is 9.52 Å². The van der Waals surface area contributed by atoms with Crippen LogP contribution in [0.25, 0.3) is 17.2 Å². The number of aromatic nitrogens is 4. The van der Waals surface area contributed by atoms with Crippen molar-refractivity contribution in [2.45, 2.75) is 12.5 Å². The number of hydrogen-bond donors (Lipinski definition) is 2. The van der Waals surface area contributed by atoms with Gasteiger partial charge in [0.15, 0.2) is 11.4 Å². The second-order valence-corrected chi connectivity index (χ2v) is 8.06. The van der Waals surface area contributed by atoms with E-state index in [9.17, 15) is 5.11 Å². The Kier molecular flexibility index (Phi) is 4.84. The van der Waals surface area contributed by atoms with Crippen molar-refractivity contribution in [1.82, 2.24) is 24.5 Å². The Hall–Kier alpha value is -3.43. The molecule has 4 aromatic rings. The smallest absolute Gasteiger partial charge is 0.225 e. The predicted molar refractivity (Wildman–Crippen MR) is 118 cm³/mol. The van der Waals surface area contributed by atoms with E-state index in [1.165, 1.54) is 4.52 Å². The van der Waals surface area contributed by atoms with E-state index in [1.54, 1.807) is 12.3 Å². The number of benzene rings is 1. The van der Waals surface area contributed by atoms with Gasteiger partial charge in [-0.1, -0.05) is 30.3 Å². The number of furan rings is 1. The van der Waals surface area contributed by atoms with Gasteiger partial charge in [0.2, 0.25) is 11.8 Å². The number of rotatable bonds is 5. The fourth-order valence-electron chi connectivity index (χ4n) is 4.03. The molecule has 160 valence electrons. The van der Waals surface area contributed by atoms with Gasteiger partial charge in [-0.25, -0.2) is 4.98 Å². The van der Waals surface area contributed by atoms with Crippen LogP contribution in [-0.2, 0) is 5.60 Å². The van der Waals surface area contributed by atoms with Gasteiger partial charge in [-0.2, -0.15) is 9.50 Å². The molecule has 9 nitrogen and oxygen atoms in total. The quantitative estimate of drug-likeness (QED) is 0.506. The highest BCUT2D eigenvalue weighted by molar-refractivity contribution is 5.59. The normalized spacial score (nSPS) is 17.2. The van der Waals surface area contributed by atoms with E-state index >= 15 is 0 Å². The van der Waals surface area contributed by atoms with E-state index in [0.29, 0.717) is 23.8 Å². The van der Waals surface area contributed by atoms with Crippen molar-refractivity contribution in [2.75, 3.05) is 43.4 Å². The lowest BCUT2D eigenvalue weighted by atomic mass is 9.95. The minimum Gasteiger partial charge on any atom is -0.461 e. The van der Waals surface area contributed by atoms with Gasteiger partial charge >= 0.3 is 0 Å². The molecule has 0 bridgehead atoms. The van der Waals surface area contributed by atoms with E-state index in [4.69, 9.17) is 10.2 Å². The topological polar surface area (TPSA) is 109 Å². The lowest BCUT2D eigenvalue weighted by molar-refractivity contribution is 0.0143. The van der Waals surface area contributed by atoms with Crippen molar-refractivity contribution in [1.29, 1.82) is 0 Å². The molecule has 1 fully saturated rings. The SMILES string of the molecule is CC(O)(CN1CCN(c2cc3nc(-c4ccco4)nn3c(N)n2)CC1)c1ccccc1. The highest BCUT2D eigenvalue weighted by Gasteiger charge is 2.28. The first-order chi connectivity index (χ1) is 15.0. The molecule has 3 aromatic heterocycles. The van der Waals surface area contributed by atoms with Crippen LogP contribution in [0.4, 0.5) is 11.8 Å². The van der Waals surface area contributed by atoms with Gasteiger partial charge in [0, 0.05) is 38.8 Å². The van der Waals surface area contributed by atoms with E-state index in [-0.39, 0.29) is 5.95 Å². The molecule has 1 aliphatic heterocycles. The fraction of sp³-hybridized carbons (Fsp3) is 0.318. The van der Waals surface area contributed by atoms with Gasteiger partial charge < -0.3 is 20.2 Å². The summed E-state index contributed by atoms with van der Waals surface area (Å²) in [6.07, 6.45) is 1.59. The van der Waals surface area contributed by atoms with Gasteiger partial charge in [-0.3, -0.25) is 4.90 Å². The molecule has 1 aromatic carbocycles. The lowest BCUT2D eigenvalue weighted by Gasteiger charge is -2.38. The largest absolute Gasteiger partial charge is 0.461 e. The molecule has 1 aliphatic rings. The van der Waals surface area contributed by atoms with Crippen LogP contribution in [0.2, 0.25) is 0 Å². The van der Waals surface area contributed by atoms with Crippen LogP contribution < -0.4 is 10.6 Å². The third-order valence-corrected chi connectivity index (χ3v) is 5.70. The summed E-state index contributed by atoms with van der Waals surface area (Å²) < 4.78 is 6.91. The monoisotopic (exact) mass is 419 g/mol. The first kappa shape index (κ1) is 19.5. The maximum absolute atomic E-state index is 10.9. The number of β-amino-alcohol motifs (C(OH)–C–C–N with tert-alkyl or cyclic N) is 1. The molecule has 0 amide bonds. The number of nitrogen functional groups attached to an aromatic ring is 1. The van der Waals surface area contributed by atoms with Gasteiger partial charge in [-0.05, 0) is 24.6 Å². The van der Waals surface area contributed by atoms with Crippen molar-refractivity contribution in [2.24, 2.45) is 0 Å². The Morgan fingerprint density at radius 1 is 1.06 bits per heavy atom. The molecule has 0 spiro atoms. The highest BCUT2D eigenvalue weighted by atomic mass is 16.3. The Morgan fingerprint density at radius 3 is 2.55 bits per heavy atom. The number of nitrogens with two attached hydrogens (primary N) is 1. The summed E-state index contributed by atoms with van der Waals surface area (Å²) in [5.41, 5.74) is 6.82. The number of nitrogens with zero attached hydrogens (tertiary/aromatic N) is 6. The summed E-state index contributed by atoms with van der Waals surface area (Å²) >= 11 is 0. The summed E-state index contributed by atoms with van der Waals surface area (Å²) in [5, 5.41) is 15.3. The number of aliphatic hydroxyl groups is 1. The number of hydrogen-bond acceptors (Lipinski definition) is 8. The first-order valence-corrected chi connectivity index (χ1v) is 10.3. The maximum atomic E-state index is 10.9. The van der Waals surface area contributed by atoms with Crippen LogP contribution in [0.3, 0.4) is 0 Å². The van der Waals surface area contributed by atoms with Crippen LogP contribution >= 0.6 is 0 Å². The summed E-state index contributed by atoms with van der Waals surface area (Å²) in [7, 11) is 0. The third kappa shape index (κ3) is 3.85. The molecule has 5 rings (SSSR count). The van der Waals surface area contributed by atoms with E-state index in [0.717, 1.165) is 37.6 Å². The van der Waals surface area contributed by atoms with Gasteiger partial charge in [0.05, 0.1) is 11.9 Å². The van der Waals surface area contributed by atoms with Crippen LogP contribution in [0, 0.1) is 0 Å². The molecule has 9 heteroatoms. The first-order valence-electron chi connectivity index (χ1n) is 10.3. The third-order valence-electron chi connectivity index (χ3n) is 5.70. The molecule has 1 saturated heterocycles. The average Bonchev–Trinajstić information content (AvgIpc) is 3.45. The zero-order chi connectivity index (χ0) is 21.4. The summed E-state index contributed by atoms with van der Waals surface area (Å²) in [4.78, 5) is 13.5. The molecule has 0 aliphatic carbocycles. The highest BCUT2D eigenvalue weighted by Crippen LogP contribution is 2.24. The lowest BCUT2D eigenvalue weighted by Crippen LogP contribution is -2.50. The second-order valence-electron chi connectivity index (χ2n) is 8.06. The van der Waals surface area contributed by atoms with Crippen LogP contribution in [-0.4, -0.2) is 62.3 Å². The fourth-order valence-corrected chi connectivity index (χ4v) is 4.03. The average molecular weight is 419 g/mol. The van der Waals surface area contributed by atoms with E-state index < -0.39 is 5.60 Å². The van der Waals surface area contributed by atoms with Gasteiger partial charge in [0.25, 0.3) is 0 Å². The van der Waals surface area contributed by atoms with E-state index in [1.807, 2.05) is 49.4 Å². The molecule has 3 N–H and O–H groups in total. The Balaban J connectivity index is 1.29. The minimum absolute atomic E-state index is 0.284. The second kappa shape index (κ2) is 7.68. The van der Waals surface area contributed by atoms with Crippen molar-refractivity contribution in [3.8, 4) is 11.6 Å². The van der Waals surface area contributed by atoms with Crippen molar-refractivity contribution >= 4 is 17.4 Å². The van der Waals surface area contributed by atoms with Gasteiger partial charge in [-0.15, -0.1) is 5.10 Å². The van der Waals surface area contributed by atoms with Crippen LogP contribution in [0.1, 0.15) is 12.5 Å². The molecule has 4 heterocycles. The molecule has 31 heavy (non-hydrogen) atoms. The molecular formula is C22H25N7O2. The predicted octanol–water partition coefficient (Wildman–Crippen LogP) is 2.00. The van der Waals surface area contributed by atoms with E-state index in [2.05, 4.69) is 24.9 Å². The molecule has 0 saturated carbocycles.